The molecule has 0 aliphatic carbocycles. The van der Waals surface area contributed by atoms with Crippen LogP contribution >= 0.6 is 0 Å². The Bertz CT molecular complexity index is 801. The molecular formula is C18H30N4O5S. The van der Waals surface area contributed by atoms with Crippen molar-refractivity contribution in [2.45, 2.75) is 45.3 Å². The van der Waals surface area contributed by atoms with Crippen LogP contribution in [0.4, 0.5) is 0 Å². The van der Waals surface area contributed by atoms with Gasteiger partial charge in [-0.05, 0) is 39.3 Å². The fourth-order valence-corrected chi connectivity index (χ4v) is 4.55. The van der Waals surface area contributed by atoms with Crippen LogP contribution in [0.2, 0.25) is 0 Å². The fourth-order valence-electron chi connectivity index (χ4n) is 2.88. The van der Waals surface area contributed by atoms with Crippen molar-refractivity contribution in [1.29, 1.82) is 0 Å². The van der Waals surface area contributed by atoms with Crippen LogP contribution in [0.1, 0.15) is 38.2 Å². The monoisotopic (exact) mass is 414 g/mol. The van der Waals surface area contributed by atoms with Gasteiger partial charge in [-0.2, -0.15) is 0 Å². The van der Waals surface area contributed by atoms with Crippen molar-refractivity contribution in [2.24, 2.45) is 4.99 Å². The summed E-state index contributed by atoms with van der Waals surface area (Å²) in [4.78, 5) is 16.4. The average molecular weight is 415 g/mol. The number of aryl methyl sites for hydroxylation is 1. The highest BCUT2D eigenvalue weighted by atomic mass is 32.2. The standard InChI is InChI=1S/C18H30N4O5S/c1-4-19-17(21-12-18(3,24)15-6-5-13(2)27-15)20-9-7-16(23)22-14-8-10-28(25,26)11-14/h5-6,14,24H,4,7-12H2,1-3H3,(H,22,23)(H2,19,20,21). The molecule has 0 spiro atoms. The third kappa shape index (κ3) is 6.83. The Labute approximate surface area is 165 Å². The smallest absolute Gasteiger partial charge is 0.222 e. The van der Waals surface area contributed by atoms with E-state index >= 15 is 0 Å². The molecule has 2 rings (SSSR count). The van der Waals surface area contributed by atoms with Crippen LogP contribution in [0.25, 0.3) is 0 Å². The van der Waals surface area contributed by atoms with Crippen LogP contribution in [0.15, 0.2) is 21.5 Å². The average Bonchev–Trinajstić information content (AvgIpc) is 3.18. The molecule has 1 aromatic rings. The van der Waals surface area contributed by atoms with Gasteiger partial charge in [-0.25, -0.2) is 13.4 Å². The topological polar surface area (TPSA) is 133 Å². The summed E-state index contributed by atoms with van der Waals surface area (Å²) < 4.78 is 28.4. The number of hydrogen-bond donors (Lipinski definition) is 4. The summed E-state index contributed by atoms with van der Waals surface area (Å²) in [5.74, 6) is 1.56. The van der Waals surface area contributed by atoms with Gasteiger partial charge in [0.05, 0.1) is 18.1 Å². The minimum atomic E-state index is -3.02. The van der Waals surface area contributed by atoms with Crippen molar-refractivity contribution in [1.82, 2.24) is 16.0 Å². The number of aliphatic imine (C=N–C) groups is 1. The lowest BCUT2D eigenvalue weighted by Crippen LogP contribution is -2.41. The Morgan fingerprint density at radius 2 is 2.14 bits per heavy atom. The molecule has 1 aliphatic heterocycles. The second kappa shape index (κ2) is 9.42. The van der Waals surface area contributed by atoms with Gasteiger partial charge in [0.25, 0.3) is 0 Å². The quantitative estimate of drug-likeness (QED) is 0.349. The molecule has 9 nitrogen and oxygen atoms in total. The summed E-state index contributed by atoms with van der Waals surface area (Å²) in [5, 5.41) is 19.4. The van der Waals surface area contributed by atoms with E-state index in [1.165, 1.54) is 0 Å². The minimum Gasteiger partial charge on any atom is -0.463 e. The Kier molecular flexibility index (Phi) is 7.48. The molecule has 0 saturated carbocycles. The maximum Gasteiger partial charge on any atom is 0.222 e. The number of aliphatic hydroxyl groups is 1. The molecule has 158 valence electrons. The van der Waals surface area contributed by atoms with E-state index in [9.17, 15) is 18.3 Å². The number of hydrogen-bond acceptors (Lipinski definition) is 6. The number of amides is 1. The van der Waals surface area contributed by atoms with Crippen molar-refractivity contribution >= 4 is 21.7 Å². The van der Waals surface area contributed by atoms with E-state index in [-0.39, 0.29) is 36.4 Å². The first-order valence-electron chi connectivity index (χ1n) is 9.42. The lowest BCUT2D eigenvalue weighted by molar-refractivity contribution is -0.121. The maximum absolute atomic E-state index is 12.0. The molecule has 4 N–H and O–H groups in total. The van der Waals surface area contributed by atoms with Gasteiger partial charge in [-0.3, -0.25) is 4.79 Å². The van der Waals surface area contributed by atoms with Crippen molar-refractivity contribution in [3.63, 3.8) is 0 Å². The van der Waals surface area contributed by atoms with Gasteiger partial charge < -0.3 is 25.5 Å². The lowest BCUT2D eigenvalue weighted by Gasteiger charge is -2.19. The first kappa shape index (κ1) is 22.2. The SMILES string of the molecule is CCNC(=NCC(C)(O)c1ccc(C)o1)NCCC(=O)NC1CCS(=O)(=O)C1. The van der Waals surface area contributed by atoms with Gasteiger partial charge in [-0.1, -0.05) is 0 Å². The van der Waals surface area contributed by atoms with Gasteiger partial charge in [-0.15, -0.1) is 0 Å². The molecule has 2 heterocycles. The van der Waals surface area contributed by atoms with Gasteiger partial charge >= 0.3 is 0 Å². The summed E-state index contributed by atoms with van der Waals surface area (Å²) in [6, 6.07) is 3.20. The van der Waals surface area contributed by atoms with Crippen molar-refractivity contribution < 1.29 is 22.7 Å². The molecule has 0 aromatic carbocycles. The summed E-state index contributed by atoms with van der Waals surface area (Å²) >= 11 is 0. The summed E-state index contributed by atoms with van der Waals surface area (Å²) in [5.41, 5.74) is -1.25. The van der Waals surface area contributed by atoms with E-state index in [4.69, 9.17) is 4.42 Å². The number of rotatable bonds is 8. The molecular weight excluding hydrogens is 384 g/mol. The maximum atomic E-state index is 12.0. The van der Waals surface area contributed by atoms with Crippen LogP contribution in [-0.4, -0.2) is 62.6 Å². The highest BCUT2D eigenvalue weighted by Crippen LogP contribution is 2.23. The van der Waals surface area contributed by atoms with Gasteiger partial charge in [0.1, 0.15) is 17.1 Å². The van der Waals surface area contributed by atoms with E-state index in [2.05, 4.69) is 20.9 Å². The number of carbonyl (C=O) groups excluding carboxylic acids is 1. The molecule has 0 bridgehead atoms. The zero-order valence-electron chi connectivity index (χ0n) is 16.6. The molecule has 2 unspecified atom stereocenters. The number of furan rings is 1. The second-order valence-electron chi connectivity index (χ2n) is 7.22. The Balaban J connectivity index is 1.81. The Morgan fingerprint density at radius 1 is 1.39 bits per heavy atom. The zero-order chi connectivity index (χ0) is 20.8. The molecule has 2 atom stereocenters. The fraction of sp³-hybridized carbons (Fsp3) is 0.667. The molecule has 10 heteroatoms. The van der Waals surface area contributed by atoms with Crippen LogP contribution < -0.4 is 16.0 Å². The highest BCUT2D eigenvalue weighted by molar-refractivity contribution is 7.91. The largest absolute Gasteiger partial charge is 0.463 e. The summed E-state index contributed by atoms with van der Waals surface area (Å²) in [6.07, 6.45) is 0.654. The van der Waals surface area contributed by atoms with Gasteiger partial charge in [0.15, 0.2) is 15.8 Å². The first-order chi connectivity index (χ1) is 13.1. The second-order valence-corrected chi connectivity index (χ2v) is 9.45. The van der Waals surface area contributed by atoms with Crippen molar-refractivity contribution in [3.8, 4) is 0 Å². The van der Waals surface area contributed by atoms with E-state index in [0.29, 0.717) is 37.0 Å². The van der Waals surface area contributed by atoms with Crippen LogP contribution in [0, 0.1) is 6.92 Å². The van der Waals surface area contributed by atoms with E-state index in [0.717, 1.165) is 0 Å². The zero-order valence-corrected chi connectivity index (χ0v) is 17.4. The lowest BCUT2D eigenvalue weighted by atomic mass is 10.0. The Hall–Kier alpha value is -2.07. The third-order valence-corrected chi connectivity index (χ3v) is 6.17. The first-order valence-corrected chi connectivity index (χ1v) is 11.2. The van der Waals surface area contributed by atoms with E-state index in [1.807, 2.05) is 6.92 Å². The molecule has 1 saturated heterocycles. The molecule has 28 heavy (non-hydrogen) atoms. The van der Waals surface area contributed by atoms with Gasteiger partial charge in [0, 0.05) is 25.6 Å². The summed E-state index contributed by atoms with van der Waals surface area (Å²) in [7, 11) is -3.02. The molecule has 1 fully saturated rings. The van der Waals surface area contributed by atoms with Crippen molar-refractivity contribution in [3.05, 3.63) is 23.7 Å². The van der Waals surface area contributed by atoms with Crippen LogP contribution in [0.5, 0.6) is 0 Å². The number of carbonyl (C=O) groups is 1. The predicted octanol–water partition coefficient (Wildman–Crippen LogP) is 0.0440. The number of sulfone groups is 1. The normalized spacial score (nSPS) is 21.1. The molecule has 1 aromatic heterocycles. The van der Waals surface area contributed by atoms with Crippen molar-refractivity contribution in [2.75, 3.05) is 31.1 Å². The summed E-state index contributed by atoms with van der Waals surface area (Å²) in [6.45, 7) is 6.39. The van der Waals surface area contributed by atoms with Crippen LogP contribution in [0.3, 0.4) is 0 Å². The molecule has 0 radical (unpaired) electrons. The number of guanidine groups is 1. The third-order valence-electron chi connectivity index (χ3n) is 4.40. The molecule has 1 amide bonds. The van der Waals surface area contributed by atoms with Crippen LogP contribution in [-0.2, 0) is 20.2 Å². The number of nitrogens with zero attached hydrogens (tertiary/aromatic N) is 1. The van der Waals surface area contributed by atoms with Gasteiger partial charge in [0.2, 0.25) is 5.91 Å². The minimum absolute atomic E-state index is 0.0115. The molecule has 1 aliphatic rings. The Morgan fingerprint density at radius 3 is 2.71 bits per heavy atom. The van der Waals surface area contributed by atoms with E-state index in [1.54, 1.807) is 26.0 Å². The predicted molar refractivity (Wildman–Crippen MR) is 107 cm³/mol. The highest BCUT2D eigenvalue weighted by Gasteiger charge is 2.29. The van der Waals surface area contributed by atoms with E-state index < -0.39 is 15.4 Å². The number of nitrogens with one attached hydrogen (secondary N) is 3.